The Morgan fingerprint density at radius 2 is 2.00 bits per heavy atom. The van der Waals surface area contributed by atoms with E-state index in [1.807, 2.05) is 24.3 Å². The summed E-state index contributed by atoms with van der Waals surface area (Å²) in [6, 6.07) is 7.75. The first-order valence-corrected chi connectivity index (χ1v) is 8.17. The monoisotopic (exact) mass is 340 g/mol. The Hall–Kier alpha value is -1.30. The Morgan fingerprint density at radius 1 is 1.26 bits per heavy atom. The average Bonchev–Trinajstić information content (AvgIpc) is 3.03. The number of carbonyl (C=O) groups is 1. The zero-order valence-electron chi connectivity index (χ0n) is 13.3. The number of benzene rings is 1. The number of halogens is 1. The van der Waals surface area contributed by atoms with Crippen molar-refractivity contribution in [1.29, 1.82) is 0 Å². The summed E-state index contributed by atoms with van der Waals surface area (Å²) in [7, 11) is 0. The molecule has 1 atom stereocenters. The first-order chi connectivity index (χ1) is 10.8. The van der Waals surface area contributed by atoms with Gasteiger partial charge in [0.05, 0.1) is 19.3 Å². The van der Waals surface area contributed by atoms with Crippen LogP contribution >= 0.6 is 12.4 Å². The van der Waals surface area contributed by atoms with Crippen molar-refractivity contribution in [2.24, 2.45) is 0 Å². The number of carbonyl (C=O) groups excluding carboxylic acids is 1. The summed E-state index contributed by atoms with van der Waals surface area (Å²) < 4.78 is 11.3. The first-order valence-electron chi connectivity index (χ1n) is 8.17. The molecule has 1 aromatic carbocycles. The lowest BCUT2D eigenvalue weighted by Gasteiger charge is -2.23. The Kier molecular flexibility index (Phi) is 7.15. The molecule has 1 aliphatic carbocycles. The molecule has 0 aromatic heterocycles. The van der Waals surface area contributed by atoms with Crippen LogP contribution in [0.5, 0.6) is 5.75 Å². The van der Waals surface area contributed by atoms with Gasteiger partial charge >= 0.3 is 0 Å². The van der Waals surface area contributed by atoms with Gasteiger partial charge in [-0.1, -0.05) is 0 Å². The van der Waals surface area contributed by atoms with Crippen LogP contribution in [0.25, 0.3) is 0 Å². The molecule has 6 heteroatoms. The zero-order chi connectivity index (χ0) is 15.2. The summed E-state index contributed by atoms with van der Waals surface area (Å²) in [5, 5.41) is 6.20. The Morgan fingerprint density at radius 3 is 2.65 bits per heavy atom. The minimum Gasteiger partial charge on any atom is -0.490 e. The van der Waals surface area contributed by atoms with Crippen LogP contribution in [0.1, 0.15) is 32.1 Å². The van der Waals surface area contributed by atoms with Gasteiger partial charge in [0.2, 0.25) is 5.91 Å². The number of ether oxygens (including phenoxy) is 2. The molecule has 0 bridgehead atoms. The van der Waals surface area contributed by atoms with Crippen molar-refractivity contribution >= 4 is 24.0 Å². The highest BCUT2D eigenvalue weighted by Gasteiger charge is 2.18. The molecule has 1 saturated heterocycles. The van der Waals surface area contributed by atoms with Gasteiger partial charge in [-0.25, -0.2) is 0 Å². The molecule has 1 aromatic rings. The van der Waals surface area contributed by atoms with Gasteiger partial charge in [-0.2, -0.15) is 0 Å². The van der Waals surface area contributed by atoms with Crippen LogP contribution < -0.4 is 15.4 Å². The minimum absolute atomic E-state index is 0. The fourth-order valence-electron chi connectivity index (χ4n) is 3.00. The highest BCUT2D eigenvalue weighted by Crippen LogP contribution is 2.25. The lowest BCUT2D eigenvalue weighted by atomic mass is 10.2. The van der Waals surface area contributed by atoms with E-state index in [-0.39, 0.29) is 24.4 Å². The second-order valence-corrected chi connectivity index (χ2v) is 6.03. The molecule has 23 heavy (non-hydrogen) atoms. The van der Waals surface area contributed by atoms with E-state index >= 15 is 0 Å². The third-order valence-corrected chi connectivity index (χ3v) is 4.17. The molecular formula is C17H25ClN2O3. The van der Waals surface area contributed by atoms with Crippen LogP contribution in [-0.4, -0.2) is 37.8 Å². The van der Waals surface area contributed by atoms with Gasteiger partial charge in [0.25, 0.3) is 0 Å². The predicted octanol–water partition coefficient (Wildman–Crippen LogP) is 2.75. The SMILES string of the molecule is Cl.O=C(CC1COCCN1)Nc1ccc(OC2CCCC2)cc1. The average molecular weight is 341 g/mol. The van der Waals surface area contributed by atoms with E-state index in [4.69, 9.17) is 9.47 Å². The van der Waals surface area contributed by atoms with E-state index in [9.17, 15) is 4.79 Å². The predicted molar refractivity (Wildman–Crippen MR) is 92.4 cm³/mol. The number of hydrogen-bond donors (Lipinski definition) is 2. The summed E-state index contributed by atoms with van der Waals surface area (Å²) in [4.78, 5) is 12.0. The maximum Gasteiger partial charge on any atom is 0.226 e. The minimum atomic E-state index is 0. The summed E-state index contributed by atoms with van der Waals surface area (Å²) in [6.07, 6.45) is 5.61. The molecule has 1 aliphatic heterocycles. The molecule has 1 saturated carbocycles. The molecule has 5 nitrogen and oxygen atoms in total. The van der Waals surface area contributed by atoms with Crippen LogP contribution in [0.15, 0.2) is 24.3 Å². The number of morpholine rings is 1. The molecule has 1 heterocycles. The van der Waals surface area contributed by atoms with E-state index in [0.717, 1.165) is 37.4 Å². The molecule has 128 valence electrons. The summed E-state index contributed by atoms with van der Waals surface area (Å²) >= 11 is 0. The van der Waals surface area contributed by atoms with Crippen molar-refractivity contribution in [3.63, 3.8) is 0 Å². The first kappa shape index (κ1) is 18.0. The Balaban J connectivity index is 0.00000192. The Bertz CT molecular complexity index is 483. The van der Waals surface area contributed by atoms with Gasteiger partial charge < -0.3 is 20.1 Å². The van der Waals surface area contributed by atoms with Gasteiger partial charge in [0, 0.05) is 24.7 Å². The molecule has 1 amide bonds. The van der Waals surface area contributed by atoms with Crippen molar-refractivity contribution < 1.29 is 14.3 Å². The molecule has 0 radical (unpaired) electrons. The molecule has 2 aliphatic rings. The quantitative estimate of drug-likeness (QED) is 0.865. The number of rotatable bonds is 5. The van der Waals surface area contributed by atoms with Crippen molar-refractivity contribution in [2.75, 3.05) is 25.1 Å². The zero-order valence-corrected chi connectivity index (χ0v) is 14.1. The van der Waals surface area contributed by atoms with Crippen LogP contribution in [0, 0.1) is 0 Å². The highest BCUT2D eigenvalue weighted by molar-refractivity contribution is 5.91. The van der Waals surface area contributed by atoms with Crippen LogP contribution in [0.2, 0.25) is 0 Å². The van der Waals surface area contributed by atoms with E-state index in [1.165, 1.54) is 12.8 Å². The van der Waals surface area contributed by atoms with E-state index in [2.05, 4.69) is 10.6 Å². The van der Waals surface area contributed by atoms with Crippen LogP contribution in [0.3, 0.4) is 0 Å². The molecule has 3 rings (SSSR count). The van der Waals surface area contributed by atoms with E-state index in [1.54, 1.807) is 0 Å². The second kappa shape index (κ2) is 9.11. The molecule has 1 unspecified atom stereocenters. The van der Waals surface area contributed by atoms with Crippen molar-refractivity contribution in [3.05, 3.63) is 24.3 Å². The topological polar surface area (TPSA) is 59.6 Å². The largest absolute Gasteiger partial charge is 0.490 e. The van der Waals surface area contributed by atoms with E-state index in [0.29, 0.717) is 19.1 Å². The normalized spacial score (nSPS) is 21.5. The van der Waals surface area contributed by atoms with Crippen molar-refractivity contribution in [1.82, 2.24) is 5.32 Å². The lowest BCUT2D eigenvalue weighted by Crippen LogP contribution is -2.43. The van der Waals surface area contributed by atoms with Gasteiger partial charge in [-0.05, 0) is 49.9 Å². The van der Waals surface area contributed by atoms with Gasteiger partial charge in [-0.15, -0.1) is 12.4 Å². The van der Waals surface area contributed by atoms with Crippen LogP contribution in [0.4, 0.5) is 5.69 Å². The smallest absolute Gasteiger partial charge is 0.226 e. The number of amides is 1. The number of anilines is 1. The number of nitrogens with one attached hydrogen (secondary N) is 2. The van der Waals surface area contributed by atoms with Crippen molar-refractivity contribution in [2.45, 2.75) is 44.2 Å². The molecule has 0 spiro atoms. The third kappa shape index (κ3) is 5.68. The molecule has 2 fully saturated rings. The summed E-state index contributed by atoms with van der Waals surface area (Å²) in [5.41, 5.74) is 0.806. The van der Waals surface area contributed by atoms with Gasteiger partial charge in [-0.3, -0.25) is 4.79 Å². The maximum absolute atomic E-state index is 12.0. The fraction of sp³-hybridized carbons (Fsp3) is 0.588. The number of hydrogen-bond acceptors (Lipinski definition) is 4. The lowest BCUT2D eigenvalue weighted by molar-refractivity contribution is -0.117. The van der Waals surface area contributed by atoms with Gasteiger partial charge in [0.1, 0.15) is 5.75 Å². The van der Waals surface area contributed by atoms with Gasteiger partial charge in [0.15, 0.2) is 0 Å². The molecular weight excluding hydrogens is 316 g/mol. The summed E-state index contributed by atoms with van der Waals surface area (Å²) in [6.45, 7) is 2.13. The Labute approximate surface area is 143 Å². The van der Waals surface area contributed by atoms with Crippen molar-refractivity contribution in [3.8, 4) is 5.75 Å². The molecule has 2 N–H and O–H groups in total. The fourth-order valence-corrected chi connectivity index (χ4v) is 3.00. The standard InChI is InChI=1S/C17H24N2O3.ClH/c20-17(11-14-12-21-10-9-18-14)19-13-5-7-16(8-6-13)22-15-3-1-2-4-15;/h5-8,14-15,18H,1-4,9-12H2,(H,19,20);1H. The maximum atomic E-state index is 12.0. The highest BCUT2D eigenvalue weighted by atomic mass is 35.5. The second-order valence-electron chi connectivity index (χ2n) is 6.03. The van der Waals surface area contributed by atoms with E-state index < -0.39 is 0 Å². The summed E-state index contributed by atoms with van der Waals surface area (Å²) in [5.74, 6) is 0.889. The third-order valence-electron chi connectivity index (χ3n) is 4.17. The van der Waals surface area contributed by atoms with Crippen LogP contribution in [-0.2, 0) is 9.53 Å².